The molecule has 11 nitrogen and oxygen atoms in total. The van der Waals surface area contributed by atoms with Crippen molar-refractivity contribution < 1.29 is 42.9 Å². The summed E-state index contributed by atoms with van der Waals surface area (Å²) in [6.45, 7) is 5.49. The van der Waals surface area contributed by atoms with Crippen LogP contribution < -0.4 is 29.2 Å². The van der Waals surface area contributed by atoms with Gasteiger partial charge in [-0.25, -0.2) is 14.5 Å². The minimum absolute atomic E-state index is 0.0249. The molecular formula is C26H24N2O9. The number of barbiturate groups is 1. The minimum atomic E-state index is -0.889. The van der Waals surface area contributed by atoms with Crippen LogP contribution in [-0.2, 0) is 25.5 Å². The number of rotatable bonds is 9. The Hall–Kier alpha value is -4.80. The topological polar surface area (TPSA) is 130 Å². The molecule has 1 fully saturated rings. The molecule has 1 saturated heterocycles. The molecule has 37 heavy (non-hydrogen) atoms. The maximum absolute atomic E-state index is 13.3. The number of imide groups is 2. The van der Waals surface area contributed by atoms with E-state index in [1.54, 1.807) is 31.2 Å². The molecule has 0 aliphatic carbocycles. The number of allylic oxidation sites excluding steroid dienone is 1. The first kappa shape index (κ1) is 25.3. The monoisotopic (exact) mass is 508 g/mol. The molecule has 192 valence electrons. The number of ether oxygens (including phenoxy) is 5. The van der Waals surface area contributed by atoms with Crippen molar-refractivity contribution in [3.05, 3.63) is 59.7 Å². The van der Waals surface area contributed by atoms with E-state index in [0.717, 1.165) is 4.90 Å². The van der Waals surface area contributed by atoms with Crippen molar-refractivity contribution in [1.29, 1.82) is 0 Å². The van der Waals surface area contributed by atoms with Gasteiger partial charge in [-0.3, -0.25) is 14.9 Å². The zero-order valence-electron chi connectivity index (χ0n) is 20.2. The molecule has 1 N–H and O–H groups in total. The molecule has 2 aromatic carbocycles. The van der Waals surface area contributed by atoms with Gasteiger partial charge in [0.2, 0.25) is 6.79 Å². The smallest absolute Gasteiger partial charge is 0.343 e. The number of nitrogens with zero attached hydrogens (tertiary/aromatic N) is 1. The van der Waals surface area contributed by atoms with Crippen LogP contribution in [0.15, 0.2) is 48.6 Å². The van der Waals surface area contributed by atoms with E-state index in [4.69, 9.17) is 18.9 Å². The predicted octanol–water partition coefficient (Wildman–Crippen LogP) is 2.76. The number of carbonyl (C=O) groups is 4. The summed E-state index contributed by atoms with van der Waals surface area (Å²) in [6.07, 6.45) is 3.32. The molecule has 0 radical (unpaired) electrons. The highest BCUT2D eigenvalue weighted by Crippen LogP contribution is 2.37. The van der Waals surface area contributed by atoms with Gasteiger partial charge >= 0.3 is 12.0 Å². The van der Waals surface area contributed by atoms with Gasteiger partial charge in [0, 0.05) is 11.6 Å². The van der Waals surface area contributed by atoms with Gasteiger partial charge < -0.3 is 23.7 Å². The standard InChI is InChI=1S/C26H24N2O9/c1-4-6-16-9-15(11-21(34-5-2)23(16)35-13-22(29)33-3)10-18-24(30)27-26(32)28(25(18)31)17-7-8-19-20(12-17)37-14-36-19/h4,7-12H,1,5-6,13-14H2,2-3H3,(H,27,30,32). The van der Waals surface area contributed by atoms with E-state index in [2.05, 4.69) is 16.6 Å². The summed E-state index contributed by atoms with van der Waals surface area (Å²) < 4.78 is 26.6. The number of benzene rings is 2. The van der Waals surface area contributed by atoms with Gasteiger partial charge in [-0.05, 0) is 49.2 Å². The number of fused-ring (bicyclic) bond motifs is 1. The molecule has 2 aromatic rings. The van der Waals surface area contributed by atoms with Crippen LogP contribution in [0.5, 0.6) is 23.0 Å². The third kappa shape index (κ3) is 5.25. The second-order valence-corrected chi connectivity index (χ2v) is 7.79. The number of nitrogens with one attached hydrogen (secondary N) is 1. The number of urea groups is 1. The average molecular weight is 508 g/mol. The first-order chi connectivity index (χ1) is 17.9. The zero-order valence-corrected chi connectivity index (χ0v) is 20.2. The Balaban J connectivity index is 1.72. The van der Waals surface area contributed by atoms with Crippen LogP contribution in [0.25, 0.3) is 6.08 Å². The lowest BCUT2D eigenvalue weighted by atomic mass is 10.0. The summed E-state index contributed by atoms with van der Waals surface area (Å²) in [4.78, 5) is 51.0. The van der Waals surface area contributed by atoms with Gasteiger partial charge in [0.1, 0.15) is 5.57 Å². The normalized spacial score (nSPS) is 15.5. The summed E-state index contributed by atoms with van der Waals surface area (Å²) in [5, 5.41) is 2.19. The van der Waals surface area contributed by atoms with E-state index in [9.17, 15) is 19.2 Å². The highest BCUT2D eigenvalue weighted by Gasteiger charge is 2.37. The van der Waals surface area contributed by atoms with Gasteiger partial charge in [0.05, 0.1) is 19.4 Å². The van der Waals surface area contributed by atoms with Crippen LogP contribution in [0.4, 0.5) is 10.5 Å². The van der Waals surface area contributed by atoms with Gasteiger partial charge in [-0.2, -0.15) is 0 Å². The van der Waals surface area contributed by atoms with Crippen LogP contribution in [0.1, 0.15) is 18.1 Å². The largest absolute Gasteiger partial charge is 0.490 e. The van der Waals surface area contributed by atoms with Crippen LogP contribution in [0.3, 0.4) is 0 Å². The molecule has 4 rings (SSSR count). The number of hydrogen-bond acceptors (Lipinski definition) is 9. The lowest BCUT2D eigenvalue weighted by Crippen LogP contribution is -2.54. The van der Waals surface area contributed by atoms with Crippen LogP contribution in [0, 0.1) is 0 Å². The van der Waals surface area contributed by atoms with Gasteiger partial charge in [-0.1, -0.05) is 6.08 Å². The molecule has 0 unspecified atom stereocenters. The van der Waals surface area contributed by atoms with E-state index < -0.39 is 23.8 Å². The molecule has 2 heterocycles. The molecule has 0 aromatic heterocycles. The minimum Gasteiger partial charge on any atom is -0.490 e. The van der Waals surface area contributed by atoms with E-state index in [0.29, 0.717) is 40.5 Å². The number of hydrogen-bond donors (Lipinski definition) is 1. The van der Waals surface area contributed by atoms with E-state index in [1.165, 1.54) is 25.3 Å². The van der Waals surface area contributed by atoms with Crippen molar-refractivity contribution in [2.45, 2.75) is 13.3 Å². The lowest BCUT2D eigenvalue weighted by molar-refractivity contribution is -0.143. The molecule has 11 heteroatoms. The van der Waals surface area contributed by atoms with E-state index in [1.807, 2.05) is 0 Å². The quantitative estimate of drug-likeness (QED) is 0.235. The number of anilines is 1. The van der Waals surface area contributed by atoms with Crippen molar-refractivity contribution in [1.82, 2.24) is 5.32 Å². The third-order valence-electron chi connectivity index (χ3n) is 5.41. The van der Waals surface area contributed by atoms with Gasteiger partial charge in [0.15, 0.2) is 29.6 Å². The van der Waals surface area contributed by atoms with Crippen molar-refractivity contribution in [3.8, 4) is 23.0 Å². The van der Waals surface area contributed by atoms with Crippen molar-refractivity contribution in [2.75, 3.05) is 32.0 Å². The molecule has 0 spiro atoms. The fourth-order valence-electron chi connectivity index (χ4n) is 3.77. The molecule has 2 aliphatic rings. The summed E-state index contributed by atoms with van der Waals surface area (Å²) in [7, 11) is 1.25. The fraction of sp³-hybridized carbons (Fsp3) is 0.231. The lowest BCUT2D eigenvalue weighted by Gasteiger charge is -2.26. The van der Waals surface area contributed by atoms with Gasteiger partial charge in [-0.15, -0.1) is 6.58 Å². The van der Waals surface area contributed by atoms with E-state index >= 15 is 0 Å². The van der Waals surface area contributed by atoms with Gasteiger partial charge in [0.25, 0.3) is 11.8 Å². The zero-order chi connectivity index (χ0) is 26.5. The SMILES string of the molecule is C=CCc1cc(C=C2C(=O)NC(=O)N(c3ccc4c(c3)OCO4)C2=O)cc(OCC)c1OCC(=O)OC. The molecule has 0 atom stereocenters. The number of amides is 4. The highest BCUT2D eigenvalue weighted by atomic mass is 16.7. The fourth-order valence-corrected chi connectivity index (χ4v) is 3.77. The average Bonchev–Trinajstić information content (AvgIpc) is 3.34. The Morgan fingerprint density at radius 3 is 2.65 bits per heavy atom. The number of methoxy groups -OCH3 is 1. The van der Waals surface area contributed by atoms with E-state index in [-0.39, 0.29) is 31.3 Å². The van der Waals surface area contributed by atoms with Crippen molar-refractivity contribution in [2.24, 2.45) is 0 Å². The number of esters is 1. The molecule has 0 saturated carbocycles. The Bertz CT molecular complexity index is 1320. The maximum atomic E-state index is 13.3. The van der Waals surface area contributed by atoms with Crippen molar-refractivity contribution in [3.63, 3.8) is 0 Å². The summed E-state index contributed by atoms with van der Waals surface area (Å²) >= 11 is 0. The summed E-state index contributed by atoms with van der Waals surface area (Å²) in [6, 6.07) is 6.92. The van der Waals surface area contributed by atoms with Crippen molar-refractivity contribution >= 4 is 35.6 Å². The Morgan fingerprint density at radius 1 is 1.14 bits per heavy atom. The first-order valence-electron chi connectivity index (χ1n) is 11.3. The molecule has 0 bridgehead atoms. The summed E-state index contributed by atoms with van der Waals surface area (Å²) in [5.41, 5.74) is 0.972. The molecule has 4 amide bonds. The number of carbonyl (C=O) groups excluding carboxylic acids is 4. The first-order valence-corrected chi connectivity index (χ1v) is 11.3. The second-order valence-electron chi connectivity index (χ2n) is 7.79. The molecular weight excluding hydrogens is 484 g/mol. The second kappa shape index (κ2) is 10.9. The summed E-state index contributed by atoms with van der Waals surface area (Å²) in [5.74, 6) is -0.776. The predicted molar refractivity (Wildman–Crippen MR) is 131 cm³/mol. The Morgan fingerprint density at radius 2 is 1.92 bits per heavy atom. The van der Waals surface area contributed by atoms with Crippen LogP contribution >= 0.6 is 0 Å². The van der Waals surface area contributed by atoms with Crippen LogP contribution in [0.2, 0.25) is 0 Å². The Kier molecular flexibility index (Phi) is 7.42. The Labute approximate surface area is 212 Å². The van der Waals surface area contributed by atoms with Crippen LogP contribution in [-0.4, -0.2) is 50.9 Å². The molecule has 2 aliphatic heterocycles. The highest BCUT2D eigenvalue weighted by molar-refractivity contribution is 6.39. The maximum Gasteiger partial charge on any atom is 0.343 e. The third-order valence-corrected chi connectivity index (χ3v) is 5.41.